The van der Waals surface area contributed by atoms with Gasteiger partial charge in [0.05, 0.1) is 6.10 Å². The lowest BCUT2D eigenvalue weighted by Gasteiger charge is -2.31. The molecule has 1 heterocycles. The summed E-state index contributed by atoms with van der Waals surface area (Å²) in [5.74, 6) is 0. The molecule has 2 rings (SSSR count). The zero-order valence-electron chi connectivity index (χ0n) is 9.62. The molecule has 3 unspecified atom stereocenters. The highest BCUT2D eigenvalue weighted by Crippen LogP contribution is 2.28. The molecule has 3 atom stereocenters. The average Bonchev–Trinajstić information content (AvgIpc) is 2.61. The third-order valence-corrected chi connectivity index (χ3v) is 4.32. The lowest BCUT2D eigenvalue weighted by molar-refractivity contribution is 0.0342. The van der Waals surface area contributed by atoms with Gasteiger partial charge in [-0.2, -0.15) is 0 Å². The SMILES string of the molecule is COC1CCCC1N1CCCC(Cl)CC1. The Kier molecular flexibility index (Phi) is 4.30. The summed E-state index contributed by atoms with van der Waals surface area (Å²) in [5.41, 5.74) is 0. The van der Waals surface area contributed by atoms with Gasteiger partial charge in [-0.05, 0) is 51.6 Å². The van der Waals surface area contributed by atoms with Crippen molar-refractivity contribution in [3.63, 3.8) is 0 Å². The first-order chi connectivity index (χ1) is 7.31. The fourth-order valence-electron chi connectivity index (χ4n) is 3.01. The number of nitrogens with zero attached hydrogens (tertiary/aromatic N) is 1. The van der Waals surface area contributed by atoms with E-state index in [9.17, 15) is 0 Å². The first kappa shape index (κ1) is 11.7. The fourth-order valence-corrected chi connectivity index (χ4v) is 3.26. The summed E-state index contributed by atoms with van der Waals surface area (Å²) in [4.78, 5) is 2.61. The van der Waals surface area contributed by atoms with Gasteiger partial charge in [-0.25, -0.2) is 0 Å². The average molecular weight is 232 g/mol. The molecule has 0 N–H and O–H groups in total. The van der Waals surface area contributed by atoms with Gasteiger partial charge in [0.2, 0.25) is 0 Å². The van der Waals surface area contributed by atoms with Gasteiger partial charge in [-0.15, -0.1) is 11.6 Å². The Labute approximate surface area is 97.9 Å². The molecule has 2 fully saturated rings. The van der Waals surface area contributed by atoms with Crippen molar-refractivity contribution >= 4 is 11.6 Å². The third kappa shape index (κ3) is 2.86. The third-order valence-electron chi connectivity index (χ3n) is 3.88. The predicted molar refractivity (Wildman–Crippen MR) is 63.5 cm³/mol. The van der Waals surface area contributed by atoms with Crippen molar-refractivity contribution in [2.75, 3.05) is 20.2 Å². The summed E-state index contributed by atoms with van der Waals surface area (Å²) in [6.45, 7) is 2.38. The van der Waals surface area contributed by atoms with Gasteiger partial charge in [-0.1, -0.05) is 0 Å². The van der Waals surface area contributed by atoms with E-state index in [4.69, 9.17) is 16.3 Å². The molecule has 15 heavy (non-hydrogen) atoms. The van der Waals surface area contributed by atoms with Crippen LogP contribution < -0.4 is 0 Å². The van der Waals surface area contributed by atoms with E-state index >= 15 is 0 Å². The number of hydrogen-bond acceptors (Lipinski definition) is 2. The number of ether oxygens (including phenoxy) is 1. The summed E-state index contributed by atoms with van der Waals surface area (Å²) < 4.78 is 5.57. The maximum atomic E-state index is 6.21. The summed E-state index contributed by atoms with van der Waals surface area (Å²) in [6, 6.07) is 0.664. The summed E-state index contributed by atoms with van der Waals surface area (Å²) in [7, 11) is 1.85. The van der Waals surface area contributed by atoms with Gasteiger partial charge in [0.25, 0.3) is 0 Å². The van der Waals surface area contributed by atoms with Crippen molar-refractivity contribution in [1.29, 1.82) is 0 Å². The molecular formula is C12H22ClNO. The van der Waals surface area contributed by atoms with Gasteiger partial charge in [-0.3, -0.25) is 4.90 Å². The number of likely N-dealkylation sites (tertiary alicyclic amines) is 1. The van der Waals surface area contributed by atoms with Gasteiger partial charge in [0.15, 0.2) is 0 Å². The fraction of sp³-hybridized carbons (Fsp3) is 1.00. The van der Waals surface area contributed by atoms with Crippen LogP contribution in [-0.2, 0) is 4.74 Å². The van der Waals surface area contributed by atoms with E-state index in [2.05, 4.69) is 4.90 Å². The molecule has 88 valence electrons. The highest BCUT2D eigenvalue weighted by atomic mass is 35.5. The van der Waals surface area contributed by atoms with Crippen molar-refractivity contribution in [3.05, 3.63) is 0 Å². The number of rotatable bonds is 2. The molecule has 0 spiro atoms. The maximum absolute atomic E-state index is 6.21. The zero-order valence-corrected chi connectivity index (χ0v) is 10.4. The van der Waals surface area contributed by atoms with Crippen LogP contribution in [0, 0.1) is 0 Å². The lowest BCUT2D eigenvalue weighted by Crippen LogP contribution is -2.41. The van der Waals surface area contributed by atoms with Crippen LogP contribution in [0.3, 0.4) is 0 Å². The van der Waals surface area contributed by atoms with E-state index in [-0.39, 0.29) is 0 Å². The summed E-state index contributed by atoms with van der Waals surface area (Å²) in [6.07, 6.45) is 7.92. The molecule has 0 aromatic rings. The molecule has 1 aliphatic heterocycles. The predicted octanol–water partition coefficient (Wildman–Crippen LogP) is 2.65. The first-order valence-corrected chi connectivity index (χ1v) is 6.66. The summed E-state index contributed by atoms with van der Waals surface area (Å²) >= 11 is 6.21. The zero-order chi connectivity index (χ0) is 10.7. The number of hydrogen-bond donors (Lipinski definition) is 0. The molecule has 1 aliphatic carbocycles. The second-order valence-corrected chi connectivity index (χ2v) is 5.45. The van der Waals surface area contributed by atoms with E-state index < -0.39 is 0 Å². The minimum Gasteiger partial charge on any atom is -0.380 e. The van der Waals surface area contributed by atoms with Crippen LogP contribution in [0.25, 0.3) is 0 Å². The first-order valence-electron chi connectivity index (χ1n) is 6.22. The molecule has 0 aromatic carbocycles. The van der Waals surface area contributed by atoms with Gasteiger partial charge in [0.1, 0.15) is 0 Å². The van der Waals surface area contributed by atoms with E-state index in [1.54, 1.807) is 0 Å². The van der Waals surface area contributed by atoms with E-state index in [1.165, 1.54) is 45.2 Å². The molecule has 0 amide bonds. The Morgan fingerprint density at radius 3 is 2.73 bits per heavy atom. The standard InChI is InChI=1S/C12H22ClNO/c1-15-12-6-2-5-11(12)14-8-3-4-10(13)7-9-14/h10-12H,2-9H2,1H3. The number of alkyl halides is 1. The lowest BCUT2D eigenvalue weighted by atomic mass is 10.1. The van der Waals surface area contributed by atoms with Crippen molar-refractivity contribution in [2.45, 2.75) is 56.0 Å². The topological polar surface area (TPSA) is 12.5 Å². The van der Waals surface area contributed by atoms with Gasteiger partial charge in [0, 0.05) is 18.5 Å². The van der Waals surface area contributed by atoms with Crippen LogP contribution >= 0.6 is 11.6 Å². The quantitative estimate of drug-likeness (QED) is 0.678. The smallest absolute Gasteiger partial charge is 0.0726 e. The van der Waals surface area contributed by atoms with Crippen LogP contribution in [-0.4, -0.2) is 42.6 Å². The van der Waals surface area contributed by atoms with E-state index in [1.807, 2.05) is 7.11 Å². The molecule has 0 aromatic heterocycles. The summed E-state index contributed by atoms with van der Waals surface area (Å²) in [5, 5.41) is 0.400. The Bertz CT molecular complexity index is 200. The Hall–Kier alpha value is 0.210. The second kappa shape index (κ2) is 5.51. The van der Waals surface area contributed by atoms with E-state index in [0.29, 0.717) is 17.5 Å². The van der Waals surface area contributed by atoms with Crippen molar-refractivity contribution in [3.8, 4) is 0 Å². The van der Waals surface area contributed by atoms with Crippen molar-refractivity contribution in [1.82, 2.24) is 4.90 Å². The molecule has 1 saturated carbocycles. The van der Waals surface area contributed by atoms with Gasteiger partial charge >= 0.3 is 0 Å². The highest BCUT2D eigenvalue weighted by molar-refractivity contribution is 6.20. The van der Waals surface area contributed by atoms with E-state index in [0.717, 1.165) is 6.42 Å². The monoisotopic (exact) mass is 231 g/mol. The molecule has 2 aliphatic rings. The number of halogens is 1. The number of methoxy groups -OCH3 is 1. The Morgan fingerprint density at radius 2 is 1.93 bits per heavy atom. The molecule has 2 nitrogen and oxygen atoms in total. The molecule has 0 bridgehead atoms. The van der Waals surface area contributed by atoms with Crippen LogP contribution in [0.5, 0.6) is 0 Å². The molecular weight excluding hydrogens is 210 g/mol. The van der Waals surface area contributed by atoms with Crippen molar-refractivity contribution in [2.24, 2.45) is 0 Å². The Balaban J connectivity index is 1.91. The Morgan fingerprint density at radius 1 is 1.07 bits per heavy atom. The van der Waals surface area contributed by atoms with Crippen LogP contribution in [0.15, 0.2) is 0 Å². The van der Waals surface area contributed by atoms with Crippen LogP contribution in [0.4, 0.5) is 0 Å². The second-order valence-electron chi connectivity index (χ2n) is 4.84. The molecule has 3 heteroatoms. The van der Waals surface area contributed by atoms with Crippen LogP contribution in [0.2, 0.25) is 0 Å². The largest absolute Gasteiger partial charge is 0.380 e. The molecule has 0 radical (unpaired) electrons. The van der Waals surface area contributed by atoms with Crippen molar-refractivity contribution < 1.29 is 4.74 Å². The minimum absolute atomic E-state index is 0.400. The minimum atomic E-state index is 0.400. The maximum Gasteiger partial charge on any atom is 0.0726 e. The molecule has 1 saturated heterocycles. The highest BCUT2D eigenvalue weighted by Gasteiger charge is 2.32. The normalized spacial score (nSPS) is 39.2. The van der Waals surface area contributed by atoms with Crippen LogP contribution in [0.1, 0.15) is 38.5 Å². The van der Waals surface area contributed by atoms with Gasteiger partial charge < -0.3 is 4.74 Å².